The van der Waals surface area contributed by atoms with E-state index < -0.39 is 4.92 Å². The molecular formula is C13H16N2O4. The Hall–Kier alpha value is -1.95. The van der Waals surface area contributed by atoms with Crippen LogP contribution in [0.15, 0.2) is 24.3 Å². The molecule has 0 aliphatic carbocycles. The minimum Gasteiger partial charge on any atom is -0.378 e. The number of benzene rings is 1. The standard InChI is InChI=1S/C13H16N2O4/c1-10(13(16)14-6-8-19-9-7-14)11-2-4-12(5-3-11)15(17)18/h2-5,10H,6-9H2,1H3/t10-/m1/s1. The second-order valence-corrected chi connectivity index (χ2v) is 4.51. The van der Waals surface area contributed by atoms with Crippen LogP contribution in [0.25, 0.3) is 0 Å². The fourth-order valence-corrected chi connectivity index (χ4v) is 2.08. The van der Waals surface area contributed by atoms with E-state index in [9.17, 15) is 14.9 Å². The van der Waals surface area contributed by atoms with Gasteiger partial charge in [-0.1, -0.05) is 12.1 Å². The topological polar surface area (TPSA) is 72.7 Å². The van der Waals surface area contributed by atoms with Gasteiger partial charge < -0.3 is 9.64 Å². The van der Waals surface area contributed by atoms with Crippen molar-refractivity contribution in [2.75, 3.05) is 26.3 Å². The summed E-state index contributed by atoms with van der Waals surface area (Å²) in [6.07, 6.45) is 0. The van der Waals surface area contributed by atoms with Gasteiger partial charge in [-0.25, -0.2) is 0 Å². The van der Waals surface area contributed by atoms with Gasteiger partial charge in [0, 0.05) is 25.2 Å². The lowest BCUT2D eigenvalue weighted by Crippen LogP contribution is -2.42. The number of nitro benzene ring substituents is 1. The molecule has 6 nitrogen and oxygen atoms in total. The Morgan fingerprint density at radius 1 is 1.32 bits per heavy atom. The smallest absolute Gasteiger partial charge is 0.269 e. The highest BCUT2D eigenvalue weighted by atomic mass is 16.6. The zero-order chi connectivity index (χ0) is 13.8. The van der Waals surface area contributed by atoms with Gasteiger partial charge in [-0.2, -0.15) is 0 Å². The number of nitro groups is 1. The summed E-state index contributed by atoms with van der Waals surface area (Å²) in [5.74, 6) is -0.254. The van der Waals surface area contributed by atoms with Crippen LogP contribution in [0.3, 0.4) is 0 Å². The van der Waals surface area contributed by atoms with Crippen molar-refractivity contribution in [3.8, 4) is 0 Å². The van der Waals surface area contributed by atoms with Crippen LogP contribution in [0.4, 0.5) is 5.69 Å². The van der Waals surface area contributed by atoms with Crippen LogP contribution < -0.4 is 0 Å². The minimum absolute atomic E-state index is 0.0368. The molecule has 1 atom stereocenters. The van der Waals surface area contributed by atoms with E-state index in [2.05, 4.69) is 0 Å². The van der Waals surface area contributed by atoms with Gasteiger partial charge in [0.15, 0.2) is 0 Å². The van der Waals surface area contributed by atoms with Gasteiger partial charge in [-0.15, -0.1) is 0 Å². The fraction of sp³-hybridized carbons (Fsp3) is 0.462. The van der Waals surface area contributed by atoms with Crippen LogP contribution in [0.5, 0.6) is 0 Å². The van der Waals surface area contributed by atoms with E-state index in [1.54, 1.807) is 17.0 Å². The lowest BCUT2D eigenvalue weighted by atomic mass is 9.99. The molecule has 1 amide bonds. The van der Waals surface area contributed by atoms with Gasteiger partial charge in [-0.05, 0) is 12.5 Å². The van der Waals surface area contributed by atoms with Gasteiger partial charge in [0.1, 0.15) is 0 Å². The predicted molar refractivity (Wildman–Crippen MR) is 68.9 cm³/mol. The number of morpholine rings is 1. The zero-order valence-corrected chi connectivity index (χ0v) is 10.7. The molecule has 0 unspecified atom stereocenters. The third-order valence-electron chi connectivity index (χ3n) is 3.30. The quantitative estimate of drug-likeness (QED) is 0.613. The van der Waals surface area contributed by atoms with Gasteiger partial charge in [0.05, 0.1) is 24.1 Å². The van der Waals surface area contributed by atoms with Crippen molar-refractivity contribution in [2.45, 2.75) is 12.8 Å². The maximum absolute atomic E-state index is 12.3. The molecule has 0 saturated carbocycles. The van der Waals surface area contributed by atoms with Crippen molar-refractivity contribution in [1.82, 2.24) is 4.90 Å². The molecule has 1 fully saturated rings. The first kappa shape index (κ1) is 13.5. The summed E-state index contributed by atoms with van der Waals surface area (Å²) in [6, 6.07) is 6.14. The number of non-ortho nitro benzene ring substituents is 1. The summed E-state index contributed by atoms with van der Waals surface area (Å²) in [5.41, 5.74) is 0.830. The van der Waals surface area contributed by atoms with Gasteiger partial charge in [0.25, 0.3) is 5.69 Å². The second kappa shape index (κ2) is 5.79. The minimum atomic E-state index is -0.446. The highest BCUT2D eigenvalue weighted by molar-refractivity contribution is 5.83. The lowest BCUT2D eigenvalue weighted by Gasteiger charge is -2.29. The van der Waals surface area contributed by atoms with E-state index in [4.69, 9.17) is 4.74 Å². The summed E-state index contributed by atoms with van der Waals surface area (Å²) in [4.78, 5) is 24.2. The Labute approximate surface area is 111 Å². The van der Waals surface area contributed by atoms with Crippen LogP contribution >= 0.6 is 0 Å². The second-order valence-electron chi connectivity index (χ2n) is 4.51. The maximum atomic E-state index is 12.3. The van der Waals surface area contributed by atoms with Crippen LogP contribution in [-0.4, -0.2) is 42.0 Å². The largest absolute Gasteiger partial charge is 0.378 e. The predicted octanol–water partition coefficient (Wildman–Crippen LogP) is 1.56. The van der Waals surface area contributed by atoms with Crippen LogP contribution in [0.2, 0.25) is 0 Å². The lowest BCUT2D eigenvalue weighted by molar-refractivity contribution is -0.384. The van der Waals surface area contributed by atoms with Crippen LogP contribution in [0.1, 0.15) is 18.4 Å². The molecule has 2 rings (SSSR count). The van der Waals surface area contributed by atoms with E-state index in [1.807, 2.05) is 6.92 Å². The van der Waals surface area contributed by atoms with Gasteiger partial charge >= 0.3 is 0 Å². The van der Waals surface area contributed by atoms with Crippen molar-refractivity contribution >= 4 is 11.6 Å². The monoisotopic (exact) mass is 264 g/mol. The molecule has 0 spiro atoms. The Balaban J connectivity index is 2.07. The number of ether oxygens (including phenoxy) is 1. The molecule has 1 aliphatic heterocycles. The summed E-state index contributed by atoms with van der Waals surface area (Å²) in [6.45, 7) is 4.17. The van der Waals surface area contributed by atoms with Crippen molar-refractivity contribution < 1.29 is 14.5 Å². The molecule has 1 saturated heterocycles. The van der Waals surface area contributed by atoms with Crippen molar-refractivity contribution in [3.63, 3.8) is 0 Å². The summed E-state index contributed by atoms with van der Waals surface area (Å²) >= 11 is 0. The first-order valence-electron chi connectivity index (χ1n) is 6.20. The summed E-state index contributed by atoms with van der Waals surface area (Å²) < 4.78 is 5.21. The number of hydrogen-bond donors (Lipinski definition) is 0. The third-order valence-corrected chi connectivity index (χ3v) is 3.30. The average molecular weight is 264 g/mol. The van der Waals surface area contributed by atoms with Gasteiger partial charge in [0.2, 0.25) is 5.91 Å². The van der Waals surface area contributed by atoms with E-state index in [1.165, 1.54) is 12.1 Å². The fourth-order valence-electron chi connectivity index (χ4n) is 2.08. The van der Waals surface area contributed by atoms with Crippen LogP contribution in [-0.2, 0) is 9.53 Å². The number of amides is 1. The van der Waals surface area contributed by atoms with E-state index in [0.29, 0.717) is 26.3 Å². The van der Waals surface area contributed by atoms with Crippen LogP contribution in [0, 0.1) is 10.1 Å². The zero-order valence-electron chi connectivity index (χ0n) is 10.7. The Kier molecular flexibility index (Phi) is 4.11. The SMILES string of the molecule is C[C@@H](C(=O)N1CCOCC1)c1ccc([N+](=O)[O-])cc1. The molecule has 1 aliphatic rings. The average Bonchev–Trinajstić information content (AvgIpc) is 2.46. The molecule has 0 aromatic heterocycles. The van der Waals surface area contributed by atoms with Crippen molar-refractivity contribution in [2.24, 2.45) is 0 Å². The number of rotatable bonds is 3. The van der Waals surface area contributed by atoms with E-state index >= 15 is 0 Å². The highest BCUT2D eigenvalue weighted by Gasteiger charge is 2.23. The molecule has 102 valence electrons. The summed E-state index contributed by atoms with van der Waals surface area (Å²) in [7, 11) is 0. The molecule has 6 heteroatoms. The van der Waals surface area contributed by atoms with E-state index in [0.717, 1.165) is 5.56 Å². The number of hydrogen-bond acceptors (Lipinski definition) is 4. The first-order chi connectivity index (χ1) is 9.09. The maximum Gasteiger partial charge on any atom is 0.269 e. The molecule has 0 N–H and O–H groups in total. The molecular weight excluding hydrogens is 248 g/mol. The Bertz CT molecular complexity index is 466. The number of carbonyl (C=O) groups excluding carboxylic acids is 1. The molecule has 19 heavy (non-hydrogen) atoms. The summed E-state index contributed by atoms with van der Waals surface area (Å²) in [5, 5.41) is 10.6. The molecule has 1 heterocycles. The normalized spacial score (nSPS) is 17.0. The number of nitrogens with zero attached hydrogens (tertiary/aromatic N) is 2. The molecule has 0 radical (unpaired) electrons. The highest BCUT2D eigenvalue weighted by Crippen LogP contribution is 2.21. The van der Waals surface area contributed by atoms with Crippen molar-refractivity contribution in [1.29, 1.82) is 0 Å². The number of carbonyl (C=O) groups is 1. The third kappa shape index (κ3) is 3.08. The molecule has 0 bridgehead atoms. The van der Waals surface area contributed by atoms with E-state index in [-0.39, 0.29) is 17.5 Å². The first-order valence-corrected chi connectivity index (χ1v) is 6.20. The Morgan fingerprint density at radius 2 is 1.89 bits per heavy atom. The van der Waals surface area contributed by atoms with Crippen molar-refractivity contribution in [3.05, 3.63) is 39.9 Å². The molecule has 1 aromatic rings. The molecule has 1 aromatic carbocycles. The Morgan fingerprint density at radius 3 is 2.42 bits per heavy atom. The van der Waals surface area contributed by atoms with Gasteiger partial charge in [-0.3, -0.25) is 14.9 Å².